The second-order valence-electron chi connectivity index (χ2n) is 9.07. The molecule has 3 fully saturated rings. The van der Waals surface area contributed by atoms with Crippen LogP contribution in [0.4, 0.5) is 4.39 Å². The monoisotopic (exact) mass is 338 g/mol. The maximum Gasteiger partial charge on any atom is 0.145 e. The first-order valence-corrected chi connectivity index (χ1v) is 10.1. The van der Waals surface area contributed by atoms with E-state index in [1.54, 1.807) is 0 Å². The zero-order chi connectivity index (χ0) is 17.5. The van der Waals surface area contributed by atoms with Gasteiger partial charge >= 0.3 is 0 Å². The Bertz CT molecular complexity index is 656. The number of allylic oxidation sites excluding steroid dienone is 4. The Morgan fingerprint density at radius 3 is 2.20 bits per heavy atom. The summed E-state index contributed by atoms with van der Waals surface area (Å²) in [6, 6.07) is 8.73. The number of fused-ring (bicyclic) bond motifs is 3. The summed E-state index contributed by atoms with van der Waals surface area (Å²) in [5.41, 5.74) is 1.56. The Balaban J connectivity index is 1.67. The summed E-state index contributed by atoms with van der Waals surface area (Å²) in [4.78, 5) is 0. The van der Waals surface area contributed by atoms with Crippen LogP contribution in [0.25, 0.3) is 0 Å². The molecule has 0 spiro atoms. The highest BCUT2D eigenvalue weighted by molar-refractivity contribution is 5.39. The topological polar surface area (TPSA) is 0 Å². The molecule has 1 heteroatoms. The fraction of sp³-hybridized carbons (Fsp3) is 0.583. The molecule has 2 bridgehead atoms. The normalized spacial score (nSPS) is 39.7. The van der Waals surface area contributed by atoms with E-state index in [1.807, 2.05) is 18.2 Å². The second-order valence-corrected chi connectivity index (χ2v) is 9.07. The van der Waals surface area contributed by atoms with Gasteiger partial charge in [0.2, 0.25) is 0 Å². The van der Waals surface area contributed by atoms with Gasteiger partial charge in [-0.05, 0) is 67.6 Å². The first kappa shape index (κ1) is 17.1. The SMILES string of the molecule is CCCc1ccc(C2C=CC=CC2(F)C23CCC(C)(CC2)CC3)cc1. The smallest absolute Gasteiger partial charge is 0.145 e. The van der Waals surface area contributed by atoms with Crippen molar-refractivity contribution < 1.29 is 4.39 Å². The van der Waals surface area contributed by atoms with E-state index in [4.69, 9.17) is 0 Å². The van der Waals surface area contributed by atoms with Gasteiger partial charge in [-0.1, -0.05) is 62.8 Å². The van der Waals surface area contributed by atoms with E-state index in [1.165, 1.54) is 24.8 Å². The Hall–Kier alpha value is -1.37. The highest BCUT2D eigenvalue weighted by Gasteiger charge is 2.60. The summed E-state index contributed by atoms with van der Waals surface area (Å²) < 4.78 is 16.7. The van der Waals surface area contributed by atoms with Gasteiger partial charge in [0, 0.05) is 11.3 Å². The predicted molar refractivity (Wildman–Crippen MR) is 104 cm³/mol. The Labute approximate surface area is 152 Å². The van der Waals surface area contributed by atoms with E-state index >= 15 is 4.39 Å². The summed E-state index contributed by atoms with van der Waals surface area (Å²) in [6.07, 6.45) is 16.9. The fourth-order valence-electron chi connectivity index (χ4n) is 5.60. The minimum absolute atomic E-state index is 0.143. The second kappa shape index (κ2) is 6.11. The molecule has 0 N–H and O–H groups in total. The van der Waals surface area contributed by atoms with Crippen molar-refractivity contribution in [3.05, 3.63) is 59.7 Å². The molecule has 1 aromatic carbocycles. The third-order valence-electron chi connectivity index (χ3n) is 7.52. The van der Waals surface area contributed by atoms with E-state index in [2.05, 4.69) is 44.2 Å². The number of hydrogen-bond donors (Lipinski definition) is 0. The van der Waals surface area contributed by atoms with E-state index < -0.39 is 5.67 Å². The van der Waals surface area contributed by atoms with Crippen LogP contribution in [0.5, 0.6) is 0 Å². The molecule has 1 aromatic rings. The molecule has 0 saturated heterocycles. The quantitative estimate of drug-likeness (QED) is 0.559. The molecule has 4 aliphatic carbocycles. The molecule has 0 heterocycles. The van der Waals surface area contributed by atoms with Gasteiger partial charge in [0.1, 0.15) is 5.67 Å². The molecule has 0 aromatic heterocycles. The lowest BCUT2D eigenvalue weighted by Gasteiger charge is -2.58. The van der Waals surface area contributed by atoms with Crippen LogP contribution in [0.2, 0.25) is 0 Å². The van der Waals surface area contributed by atoms with Gasteiger partial charge in [-0.2, -0.15) is 0 Å². The van der Waals surface area contributed by atoms with Gasteiger partial charge < -0.3 is 0 Å². The lowest BCUT2D eigenvalue weighted by molar-refractivity contribution is -0.0919. The molecule has 3 saturated carbocycles. The predicted octanol–water partition coefficient (Wildman–Crippen LogP) is 6.92. The summed E-state index contributed by atoms with van der Waals surface area (Å²) >= 11 is 0. The van der Waals surface area contributed by atoms with Crippen molar-refractivity contribution in [2.24, 2.45) is 10.8 Å². The van der Waals surface area contributed by atoms with Crippen LogP contribution >= 0.6 is 0 Å². The van der Waals surface area contributed by atoms with Crippen molar-refractivity contribution in [2.75, 3.05) is 0 Å². The minimum atomic E-state index is -1.24. The molecular formula is C24H31F. The molecule has 0 radical (unpaired) electrons. The zero-order valence-electron chi connectivity index (χ0n) is 15.7. The third kappa shape index (κ3) is 2.71. The highest BCUT2D eigenvalue weighted by atomic mass is 19.1. The summed E-state index contributed by atoms with van der Waals surface area (Å²) in [7, 11) is 0. The van der Waals surface area contributed by atoms with E-state index in [9.17, 15) is 0 Å². The van der Waals surface area contributed by atoms with Crippen molar-refractivity contribution in [1.82, 2.24) is 0 Å². The third-order valence-corrected chi connectivity index (χ3v) is 7.52. The molecule has 0 aliphatic heterocycles. The Morgan fingerprint density at radius 1 is 0.960 bits per heavy atom. The standard InChI is InChI=1S/C24H31F/c1-3-6-19-8-10-20(11-9-19)21-7-4-5-12-24(21,25)23-16-13-22(2,14-17-23)15-18-23/h4-5,7-12,21H,3,6,13-18H2,1-2H3. The summed E-state index contributed by atoms with van der Waals surface area (Å²) in [5, 5.41) is 0. The molecule has 2 unspecified atom stereocenters. The van der Waals surface area contributed by atoms with Crippen LogP contribution in [0, 0.1) is 10.8 Å². The maximum absolute atomic E-state index is 16.7. The maximum atomic E-state index is 16.7. The van der Waals surface area contributed by atoms with Gasteiger partial charge in [-0.15, -0.1) is 0 Å². The van der Waals surface area contributed by atoms with Crippen LogP contribution in [-0.4, -0.2) is 5.67 Å². The van der Waals surface area contributed by atoms with E-state index in [0.717, 1.165) is 37.7 Å². The first-order valence-electron chi connectivity index (χ1n) is 10.1. The van der Waals surface area contributed by atoms with Gasteiger partial charge in [0.25, 0.3) is 0 Å². The first-order chi connectivity index (χ1) is 12.0. The van der Waals surface area contributed by atoms with Gasteiger partial charge in [-0.25, -0.2) is 4.39 Å². The average Bonchev–Trinajstić information content (AvgIpc) is 2.64. The van der Waals surface area contributed by atoms with Crippen molar-refractivity contribution in [2.45, 2.75) is 76.8 Å². The summed E-state index contributed by atoms with van der Waals surface area (Å²) in [5.74, 6) is -0.143. The number of hydrogen-bond acceptors (Lipinski definition) is 0. The molecule has 2 atom stereocenters. The number of rotatable bonds is 4. The minimum Gasteiger partial charge on any atom is -0.238 e. The van der Waals surface area contributed by atoms with Gasteiger partial charge in [0.05, 0.1) is 0 Å². The van der Waals surface area contributed by atoms with Crippen LogP contribution in [0.1, 0.15) is 75.8 Å². The number of halogens is 1. The van der Waals surface area contributed by atoms with Crippen LogP contribution in [0.3, 0.4) is 0 Å². The lowest BCUT2D eigenvalue weighted by Crippen LogP contribution is -2.54. The molecule has 0 nitrogen and oxygen atoms in total. The van der Waals surface area contributed by atoms with Crippen LogP contribution < -0.4 is 0 Å². The van der Waals surface area contributed by atoms with Crippen molar-refractivity contribution >= 4 is 0 Å². The Morgan fingerprint density at radius 2 is 1.60 bits per heavy atom. The lowest BCUT2D eigenvalue weighted by atomic mass is 9.47. The molecule has 25 heavy (non-hydrogen) atoms. The van der Waals surface area contributed by atoms with Gasteiger partial charge in [-0.3, -0.25) is 0 Å². The number of aryl methyl sites for hydroxylation is 1. The zero-order valence-corrected chi connectivity index (χ0v) is 15.7. The molecule has 134 valence electrons. The van der Waals surface area contributed by atoms with Crippen LogP contribution in [0.15, 0.2) is 48.6 Å². The Kier molecular flexibility index (Phi) is 4.17. The largest absolute Gasteiger partial charge is 0.238 e. The molecule has 5 rings (SSSR count). The van der Waals surface area contributed by atoms with Crippen molar-refractivity contribution in [3.63, 3.8) is 0 Å². The van der Waals surface area contributed by atoms with Crippen molar-refractivity contribution in [1.29, 1.82) is 0 Å². The molecule has 0 amide bonds. The van der Waals surface area contributed by atoms with E-state index in [0.29, 0.717) is 5.41 Å². The van der Waals surface area contributed by atoms with Crippen LogP contribution in [-0.2, 0) is 6.42 Å². The summed E-state index contributed by atoms with van der Waals surface area (Å²) in [6.45, 7) is 4.61. The van der Waals surface area contributed by atoms with Crippen molar-refractivity contribution in [3.8, 4) is 0 Å². The molecule has 4 aliphatic rings. The average molecular weight is 339 g/mol. The highest BCUT2D eigenvalue weighted by Crippen LogP contribution is 2.65. The number of benzene rings is 1. The van der Waals surface area contributed by atoms with E-state index in [-0.39, 0.29) is 11.3 Å². The van der Waals surface area contributed by atoms with Gasteiger partial charge in [0.15, 0.2) is 0 Å². The molecular weight excluding hydrogens is 307 g/mol. The fourth-order valence-corrected chi connectivity index (χ4v) is 5.60. The number of alkyl halides is 1.